The highest BCUT2D eigenvalue weighted by atomic mass is 16.5. The van der Waals surface area contributed by atoms with Gasteiger partial charge in [-0.15, -0.1) is 0 Å². The smallest absolute Gasteiger partial charge is 0.309 e. The van der Waals surface area contributed by atoms with Gasteiger partial charge in [-0.05, 0) is 61.7 Å². The summed E-state index contributed by atoms with van der Waals surface area (Å²) in [4.78, 5) is 24.0. The molecule has 4 nitrogen and oxygen atoms in total. The molecule has 0 unspecified atom stereocenters. The summed E-state index contributed by atoms with van der Waals surface area (Å²) in [6.07, 6.45) is 7.43. The molecule has 0 N–H and O–H groups in total. The number of hydrogen-bond acceptors (Lipinski definition) is 4. The average Bonchev–Trinajstić information content (AvgIpc) is 2.42. The van der Waals surface area contributed by atoms with Gasteiger partial charge in [-0.2, -0.15) is 0 Å². The van der Waals surface area contributed by atoms with E-state index in [1.807, 2.05) is 0 Å². The second-order valence-corrected chi connectivity index (χ2v) is 7.14. The maximum atomic E-state index is 12.2. The number of carbonyl (C=O) groups is 2. The van der Waals surface area contributed by atoms with Crippen LogP contribution in [0.25, 0.3) is 0 Å². The van der Waals surface area contributed by atoms with E-state index in [0.29, 0.717) is 0 Å². The van der Waals surface area contributed by atoms with Crippen molar-refractivity contribution >= 4 is 11.9 Å². The largest absolute Gasteiger partial charge is 0.469 e. The minimum atomic E-state index is -0.312. The maximum absolute atomic E-state index is 12.2. The van der Waals surface area contributed by atoms with Crippen LogP contribution < -0.4 is 0 Å². The summed E-state index contributed by atoms with van der Waals surface area (Å²) in [5.41, 5.74) is -0.00394. The Labute approximate surface area is 120 Å². The Morgan fingerprint density at radius 2 is 1.50 bits per heavy atom. The van der Waals surface area contributed by atoms with Gasteiger partial charge in [0.2, 0.25) is 0 Å². The standard InChI is InChI=1S/C16H24O4/c1-19-14(17)6-13(15(18)20-2)16-7-10-3-11(8-16)5-12(4-10)9-16/h10-13H,3-9H2,1-2H3/t10?,11?,12?,13-,16?/m1/s1. The first kappa shape index (κ1) is 13.9. The molecule has 0 amide bonds. The third-order valence-electron chi connectivity index (χ3n) is 5.91. The second kappa shape index (κ2) is 5.05. The molecule has 0 aromatic carbocycles. The molecular formula is C16H24O4. The third-order valence-corrected chi connectivity index (χ3v) is 5.91. The van der Waals surface area contributed by atoms with Crippen molar-refractivity contribution in [3.63, 3.8) is 0 Å². The predicted molar refractivity (Wildman–Crippen MR) is 72.7 cm³/mol. The molecule has 4 aliphatic rings. The van der Waals surface area contributed by atoms with Crippen LogP contribution in [0.4, 0.5) is 0 Å². The van der Waals surface area contributed by atoms with Gasteiger partial charge in [0.1, 0.15) is 0 Å². The van der Waals surface area contributed by atoms with E-state index in [-0.39, 0.29) is 29.7 Å². The topological polar surface area (TPSA) is 52.6 Å². The Bertz CT molecular complexity index is 379. The molecule has 4 heteroatoms. The fraction of sp³-hybridized carbons (Fsp3) is 0.875. The molecule has 1 atom stereocenters. The molecule has 0 aliphatic heterocycles. The molecule has 4 saturated carbocycles. The van der Waals surface area contributed by atoms with Crippen LogP contribution >= 0.6 is 0 Å². The van der Waals surface area contributed by atoms with Crippen molar-refractivity contribution in [2.24, 2.45) is 29.1 Å². The molecule has 0 aromatic heterocycles. The van der Waals surface area contributed by atoms with E-state index in [9.17, 15) is 9.59 Å². The van der Waals surface area contributed by atoms with Crippen LogP contribution in [-0.2, 0) is 19.1 Å². The molecule has 20 heavy (non-hydrogen) atoms. The van der Waals surface area contributed by atoms with Crippen LogP contribution in [-0.4, -0.2) is 26.2 Å². The molecule has 4 rings (SSSR count). The van der Waals surface area contributed by atoms with Gasteiger partial charge in [-0.25, -0.2) is 0 Å². The number of methoxy groups -OCH3 is 2. The lowest BCUT2D eigenvalue weighted by Crippen LogP contribution is -2.52. The number of carbonyl (C=O) groups excluding carboxylic acids is 2. The van der Waals surface area contributed by atoms with Gasteiger partial charge in [0, 0.05) is 0 Å². The summed E-state index contributed by atoms with van der Waals surface area (Å²) in [6, 6.07) is 0. The van der Waals surface area contributed by atoms with Gasteiger partial charge in [-0.1, -0.05) is 0 Å². The van der Waals surface area contributed by atoms with Gasteiger partial charge >= 0.3 is 11.9 Å². The van der Waals surface area contributed by atoms with Crippen molar-refractivity contribution in [1.29, 1.82) is 0 Å². The van der Waals surface area contributed by atoms with Crippen LogP contribution in [0, 0.1) is 29.1 Å². The molecule has 4 fully saturated rings. The van der Waals surface area contributed by atoms with E-state index in [0.717, 1.165) is 37.0 Å². The summed E-state index contributed by atoms with van der Waals surface area (Å²) in [5, 5.41) is 0. The zero-order chi connectivity index (χ0) is 14.3. The molecular weight excluding hydrogens is 256 g/mol. The molecule has 0 aromatic rings. The SMILES string of the molecule is COC(=O)C[C@H](C(=O)OC)C12CC3CC(CC(C3)C1)C2. The van der Waals surface area contributed by atoms with Crippen LogP contribution in [0.3, 0.4) is 0 Å². The van der Waals surface area contributed by atoms with E-state index in [1.165, 1.54) is 33.5 Å². The molecule has 0 radical (unpaired) electrons. The number of rotatable bonds is 4. The Morgan fingerprint density at radius 1 is 1.00 bits per heavy atom. The van der Waals surface area contributed by atoms with Gasteiger partial charge in [-0.3, -0.25) is 9.59 Å². The van der Waals surface area contributed by atoms with Gasteiger partial charge in [0.25, 0.3) is 0 Å². The minimum absolute atomic E-state index is 0.00394. The predicted octanol–water partition coefficient (Wildman–Crippen LogP) is 2.56. The maximum Gasteiger partial charge on any atom is 0.309 e. The third kappa shape index (κ3) is 2.23. The molecule has 0 spiro atoms. The van der Waals surface area contributed by atoms with E-state index >= 15 is 0 Å². The van der Waals surface area contributed by atoms with Crippen molar-refractivity contribution in [1.82, 2.24) is 0 Å². The zero-order valence-electron chi connectivity index (χ0n) is 12.4. The lowest BCUT2D eigenvalue weighted by atomic mass is 9.46. The first-order valence-corrected chi connectivity index (χ1v) is 7.71. The van der Waals surface area contributed by atoms with Crippen LogP contribution in [0.2, 0.25) is 0 Å². The van der Waals surface area contributed by atoms with Gasteiger partial charge in [0.05, 0.1) is 26.6 Å². The summed E-state index contributed by atoms with van der Waals surface area (Å²) in [6.45, 7) is 0. The normalized spacial score (nSPS) is 39.4. The molecule has 4 aliphatic carbocycles. The highest BCUT2D eigenvalue weighted by Crippen LogP contribution is 2.63. The van der Waals surface area contributed by atoms with Gasteiger partial charge < -0.3 is 9.47 Å². The van der Waals surface area contributed by atoms with Crippen molar-refractivity contribution in [3.05, 3.63) is 0 Å². The van der Waals surface area contributed by atoms with Crippen LogP contribution in [0.1, 0.15) is 44.9 Å². The Morgan fingerprint density at radius 3 is 1.90 bits per heavy atom. The monoisotopic (exact) mass is 280 g/mol. The van der Waals surface area contributed by atoms with E-state index in [2.05, 4.69) is 0 Å². The van der Waals surface area contributed by atoms with Gasteiger partial charge in [0.15, 0.2) is 0 Å². The van der Waals surface area contributed by atoms with E-state index < -0.39 is 0 Å². The molecule has 112 valence electrons. The van der Waals surface area contributed by atoms with Crippen LogP contribution in [0.15, 0.2) is 0 Å². The summed E-state index contributed by atoms with van der Waals surface area (Å²) >= 11 is 0. The lowest BCUT2D eigenvalue weighted by molar-refractivity contribution is -0.167. The summed E-state index contributed by atoms with van der Waals surface area (Å²) < 4.78 is 9.79. The number of esters is 2. The first-order chi connectivity index (χ1) is 9.56. The number of hydrogen-bond donors (Lipinski definition) is 0. The van der Waals surface area contributed by atoms with E-state index in [1.54, 1.807) is 0 Å². The first-order valence-electron chi connectivity index (χ1n) is 7.71. The fourth-order valence-electron chi connectivity index (χ4n) is 5.55. The lowest BCUT2D eigenvalue weighted by Gasteiger charge is -2.58. The summed E-state index contributed by atoms with van der Waals surface area (Å²) in [7, 11) is 2.81. The Kier molecular flexibility index (Phi) is 3.51. The van der Waals surface area contributed by atoms with Crippen molar-refractivity contribution in [3.8, 4) is 0 Å². The van der Waals surface area contributed by atoms with Crippen molar-refractivity contribution in [2.45, 2.75) is 44.9 Å². The molecule has 0 saturated heterocycles. The second-order valence-electron chi connectivity index (χ2n) is 7.14. The average molecular weight is 280 g/mol. The van der Waals surface area contributed by atoms with E-state index in [4.69, 9.17) is 9.47 Å². The van der Waals surface area contributed by atoms with Crippen molar-refractivity contribution < 1.29 is 19.1 Å². The van der Waals surface area contributed by atoms with Crippen molar-refractivity contribution in [2.75, 3.05) is 14.2 Å². The fourth-order valence-corrected chi connectivity index (χ4v) is 5.55. The zero-order valence-corrected chi connectivity index (χ0v) is 12.4. The quantitative estimate of drug-likeness (QED) is 0.743. The Hall–Kier alpha value is -1.06. The Balaban J connectivity index is 1.86. The molecule has 4 bridgehead atoms. The van der Waals surface area contributed by atoms with Crippen LogP contribution in [0.5, 0.6) is 0 Å². The highest BCUT2D eigenvalue weighted by Gasteiger charge is 2.56. The highest BCUT2D eigenvalue weighted by molar-refractivity contribution is 5.80. The number of ether oxygens (including phenoxy) is 2. The summed E-state index contributed by atoms with van der Waals surface area (Å²) in [5.74, 6) is 1.44. The molecule has 0 heterocycles. The minimum Gasteiger partial charge on any atom is -0.469 e.